The maximum absolute atomic E-state index is 8.51. The van der Waals surface area contributed by atoms with Crippen molar-refractivity contribution in [1.82, 2.24) is 0 Å². The number of nitriles is 1. The third-order valence-corrected chi connectivity index (χ3v) is 1.70. The van der Waals surface area contributed by atoms with Gasteiger partial charge in [-0.05, 0) is 19.1 Å². The number of ether oxygens (including phenoxy) is 1. The van der Waals surface area contributed by atoms with E-state index in [4.69, 9.17) is 10.00 Å². The Kier molecular flexibility index (Phi) is 5.08. The number of nitrogens with zero attached hydrogens (tertiary/aromatic N) is 1. The van der Waals surface area contributed by atoms with Crippen molar-refractivity contribution in [2.24, 2.45) is 0 Å². The summed E-state index contributed by atoms with van der Waals surface area (Å²) in [5.41, 5.74) is 0.925. The summed E-state index contributed by atoms with van der Waals surface area (Å²) in [6, 6.07) is 9.22. The van der Waals surface area contributed by atoms with Gasteiger partial charge >= 0.3 is 0 Å². The maximum Gasteiger partial charge on any atom is 0.0406 e. The summed E-state index contributed by atoms with van der Waals surface area (Å²) in [5, 5.41) is 8.51. The molecular formula is C12H11BNO-. The molecule has 2 nitrogen and oxygen atoms in total. The van der Waals surface area contributed by atoms with Crippen molar-refractivity contribution in [3.05, 3.63) is 35.9 Å². The van der Waals surface area contributed by atoms with Crippen molar-refractivity contribution in [3.8, 4) is 17.8 Å². The molecule has 0 aliphatic heterocycles. The van der Waals surface area contributed by atoms with Crippen LogP contribution >= 0.6 is 0 Å². The highest BCUT2D eigenvalue weighted by Crippen LogP contribution is 1.96. The standard InChI is InChI=1S/C12H11BNO/c1-2-15-12(13-10-14)9-8-11-6-4-3-5-7-11/h3-7,12H,2H2,1H3/q-1. The highest BCUT2D eigenvalue weighted by Gasteiger charge is 1.89. The van der Waals surface area contributed by atoms with Crippen LogP contribution in [0.3, 0.4) is 0 Å². The Morgan fingerprint density at radius 3 is 2.73 bits per heavy atom. The first-order chi connectivity index (χ1) is 7.36. The Morgan fingerprint density at radius 1 is 1.40 bits per heavy atom. The van der Waals surface area contributed by atoms with Gasteiger partial charge < -0.3 is 4.74 Å². The minimum absolute atomic E-state index is 0.403. The van der Waals surface area contributed by atoms with E-state index < -0.39 is 6.00 Å². The van der Waals surface area contributed by atoms with Crippen LogP contribution in [0.5, 0.6) is 0 Å². The topological polar surface area (TPSA) is 33.0 Å². The fourth-order valence-corrected chi connectivity index (χ4v) is 1.05. The molecule has 2 radical (unpaired) electrons. The summed E-state index contributed by atoms with van der Waals surface area (Å²) < 4.78 is 5.25. The second-order valence-electron chi connectivity index (χ2n) is 2.81. The van der Waals surface area contributed by atoms with Crippen molar-refractivity contribution in [3.63, 3.8) is 0 Å². The molecule has 3 heteroatoms. The van der Waals surface area contributed by atoms with E-state index in [-0.39, 0.29) is 0 Å². The zero-order valence-electron chi connectivity index (χ0n) is 8.60. The third kappa shape index (κ3) is 4.36. The van der Waals surface area contributed by atoms with E-state index >= 15 is 0 Å². The molecule has 0 amide bonds. The van der Waals surface area contributed by atoms with E-state index in [9.17, 15) is 0 Å². The minimum Gasteiger partial charge on any atom is -0.409 e. The lowest BCUT2D eigenvalue weighted by Gasteiger charge is -2.16. The molecule has 1 atom stereocenters. The molecule has 0 saturated carbocycles. The second kappa shape index (κ2) is 6.70. The molecule has 0 bridgehead atoms. The molecular weight excluding hydrogens is 185 g/mol. The monoisotopic (exact) mass is 196 g/mol. The number of hydrogen-bond donors (Lipinski definition) is 0. The predicted molar refractivity (Wildman–Crippen MR) is 60.1 cm³/mol. The molecule has 0 aliphatic rings. The quantitative estimate of drug-likeness (QED) is 0.543. The van der Waals surface area contributed by atoms with Crippen LogP contribution in [0.25, 0.3) is 0 Å². The molecule has 1 aromatic rings. The van der Waals surface area contributed by atoms with Crippen molar-refractivity contribution in [2.45, 2.75) is 12.9 Å². The SMILES string of the molecule is CCOC([B-]C#N)C#Cc1ccccc1. The molecule has 0 aromatic heterocycles. The predicted octanol–water partition coefficient (Wildman–Crippen LogP) is 1.59. The lowest BCUT2D eigenvalue weighted by atomic mass is 9.74. The largest absolute Gasteiger partial charge is 0.409 e. The molecule has 0 heterocycles. The molecule has 0 spiro atoms. The summed E-state index contributed by atoms with van der Waals surface area (Å²) in [7, 11) is 1.39. The summed E-state index contributed by atoms with van der Waals surface area (Å²) in [5.74, 6) is 7.78. The van der Waals surface area contributed by atoms with Crippen LogP contribution in [0.2, 0.25) is 0 Å². The van der Waals surface area contributed by atoms with Crippen LogP contribution in [-0.4, -0.2) is 19.9 Å². The average molecular weight is 196 g/mol. The van der Waals surface area contributed by atoms with Gasteiger partial charge in [0.15, 0.2) is 0 Å². The zero-order valence-corrected chi connectivity index (χ0v) is 8.60. The molecule has 0 aliphatic carbocycles. The molecule has 15 heavy (non-hydrogen) atoms. The van der Waals surface area contributed by atoms with Crippen LogP contribution < -0.4 is 0 Å². The van der Waals surface area contributed by atoms with Gasteiger partial charge in [-0.1, -0.05) is 30.1 Å². The first-order valence-electron chi connectivity index (χ1n) is 4.78. The van der Waals surface area contributed by atoms with Crippen LogP contribution in [-0.2, 0) is 4.74 Å². The second-order valence-corrected chi connectivity index (χ2v) is 2.81. The Labute approximate surface area is 91.1 Å². The van der Waals surface area contributed by atoms with Gasteiger partial charge in [0, 0.05) is 12.2 Å². The Morgan fingerprint density at radius 2 is 2.13 bits per heavy atom. The van der Waals surface area contributed by atoms with Crippen LogP contribution in [0.1, 0.15) is 12.5 Å². The summed E-state index contributed by atoms with van der Waals surface area (Å²) >= 11 is 0. The Hall–Kier alpha value is -1.71. The van der Waals surface area contributed by atoms with Crippen LogP contribution in [0.15, 0.2) is 30.3 Å². The molecule has 0 saturated heterocycles. The zero-order chi connectivity index (χ0) is 10.9. The fraction of sp³-hybridized carbons (Fsp3) is 0.250. The van der Waals surface area contributed by atoms with E-state index in [2.05, 4.69) is 11.8 Å². The lowest BCUT2D eigenvalue weighted by molar-refractivity contribution is 0.153. The molecule has 1 aromatic carbocycles. The van der Waals surface area contributed by atoms with Gasteiger partial charge in [-0.25, -0.2) is 5.97 Å². The van der Waals surface area contributed by atoms with E-state index in [0.29, 0.717) is 6.61 Å². The van der Waals surface area contributed by atoms with E-state index in [0.717, 1.165) is 5.56 Å². The minimum atomic E-state index is -0.403. The van der Waals surface area contributed by atoms with Gasteiger partial charge in [-0.3, -0.25) is 5.26 Å². The Balaban J connectivity index is 2.66. The highest BCUT2D eigenvalue weighted by molar-refractivity contribution is 6.47. The van der Waals surface area contributed by atoms with Crippen molar-refractivity contribution >= 4 is 7.28 Å². The molecule has 74 valence electrons. The highest BCUT2D eigenvalue weighted by atomic mass is 16.5. The van der Waals surface area contributed by atoms with Crippen molar-refractivity contribution in [1.29, 1.82) is 5.26 Å². The summed E-state index contributed by atoms with van der Waals surface area (Å²) in [4.78, 5) is 0. The number of rotatable bonds is 3. The average Bonchev–Trinajstić information content (AvgIpc) is 2.28. The van der Waals surface area contributed by atoms with E-state index in [1.54, 1.807) is 0 Å². The van der Waals surface area contributed by atoms with Gasteiger partial charge in [0.2, 0.25) is 0 Å². The molecule has 0 N–H and O–H groups in total. The normalized spacial score (nSPS) is 10.9. The summed E-state index contributed by atoms with van der Waals surface area (Å²) in [6.07, 6.45) is 0. The van der Waals surface area contributed by atoms with Gasteiger partial charge in [0.1, 0.15) is 0 Å². The van der Waals surface area contributed by atoms with Crippen molar-refractivity contribution < 1.29 is 4.74 Å². The van der Waals surface area contributed by atoms with Gasteiger partial charge in [0.25, 0.3) is 0 Å². The number of benzene rings is 1. The van der Waals surface area contributed by atoms with Gasteiger partial charge in [0.05, 0.1) is 0 Å². The molecule has 0 fully saturated rings. The van der Waals surface area contributed by atoms with Gasteiger partial charge in [-0.15, -0.1) is 13.2 Å². The molecule has 1 rings (SSSR count). The number of hydrogen-bond acceptors (Lipinski definition) is 2. The van der Waals surface area contributed by atoms with Gasteiger partial charge in [-0.2, -0.15) is 0 Å². The van der Waals surface area contributed by atoms with Crippen LogP contribution in [0, 0.1) is 23.1 Å². The third-order valence-electron chi connectivity index (χ3n) is 1.70. The van der Waals surface area contributed by atoms with Crippen LogP contribution in [0.4, 0.5) is 0 Å². The van der Waals surface area contributed by atoms with E-state index in [1.807, 2.05) is 43.2 Å². The fourth-order valence-electron chi connectivity index (χ4n) is 1.05. The van der Waals surface area contributed by atoms with Crippen molar-refractivity contribution in [2.75, 3.05) is 6.61 Å². The maximum atomic E-state index is 8.51. The smallest absolute Gasteiger partial charge is 0.0406 e. The molecule has 1 unspecified atom stereocenters. The Bertz CT molecular complexity index is 386. The summed E-state index contributed by atoms with van der Waals surface area (Å²) in [6.45, 7) is 2.43. The lowest BCUT2D eigenvalue weighted by Crippen LogP contribution is -2.17. The first-order valence-corrected chi connectivity index (χ1v) is 4.78. The first kappa shape index (κ1) is 11.4. The van der Waals surface area contributed by atoms with E-state index in [1.165, 1.54) is 7.28 Å².